The summed E-state index contributed by atoms with van der Waals surface area (Å²) in [5.74, 6) is -1.07. The molecule has 0 N–H and O–H groups in total. The Labute approximate surface area is 214 Å². The van der Waals surface area contributed by atoms with E-state index in [1.165, 1.54) is 12.3 Å². The number of pyridine rings is 2. The van der Waals surface area contributed by atoms with E-state index in [0.29, 0.717) is 5.69 Å². The summed E-state index contributed by atoms with van der Waals surface area (Å²) >= 11 is 0. The molecular formula is C27H23LiN4O3. The van der Waals surface area contributed by atoms with E-state index in [4.69, 9.17) is 0 Å². The second-order valence-electron chi connectivity index (χ2n) is 8.80. The van der Waals surface area contributed by atoms with Crippen molar-refractivity contribution in [2.45, 2.75) is 19.8 Å². The van der Waals surface area contributed by atoms with Crippen LogP contribution >= 0.6 is 0 Å². The van der Waals surface area contributed by atoms with E-state index < -0.39 is 5.97 Å². The zero-order valence-electron chi connectivity index (χ0n) is 20.4. The zero-order chi connectivity index (χ0) is 24.1. The number of hydrogen-bond donors (Lipinski definition) is 0. The molecule has 0 radical (unpaired) electrons. The van der Waals surface area contributed by atoms with E-state index in [1.807, 2.05) is 31.4 Å². The van der Waals surface area contributed by atoms with Crippen molar-refractivity contribution in [2.24, 2.45) is 14.1 Å². The number of hydrogen-bond acceptors (Lipinski definition) is 5. The predicted octanol–water partition coefficient (Wildman–Crippen LogP) is 0.645. The van der Waals surface area contributed by atoms with E-state index in [0.717, 1.165) is 44.1 Å². The van der Waals surface area contributed by atoms with Crippen LogP contribution in [0.15, 0.2) is 65.7 Å². The molecule has 170 valence electrons. The summed E-state index contributed by atoms with van der Waals surface area (Å²) in [5, 5.41) is 13.0. The molecule has 2 aromatic carbocycles. The van der Waals surface area contributed by atoms with Crippen molar-refractivity contribution >= 4 is 27.8 Å². The van der Waals surface area contributed by atoms with Gasteiger partial charge in [-0.3, -0.25) is 19.1 Å². The number of nitrogens with zero attached hydrogens (tertiary/aromatic N) is 4. The van der Waals surface area contributed by atoms with Crippen molar-refractivity contribution in [1.82, 2.24) is 19.1 Å². The van der Waals surface area contributed by atoms with Crippen molar-refractivity contribution in [1.29, 1.82) is 0 Å². The van der Waals surface area contributed by atoms with Crippen molar-refractivity contribution in [3.05, 3.63) is 82.7 Å². The molecular weight excluding hydrogens is 435 g/mol. The Kier molecular flexibility index (Phi) is 6.41. The molecule has 0 saturated heterocycles. The number of aryl methyl sites for hydroxylation is 2. The van der Waals surface area contributed by atoms with Gasteiger partial charge in [0.05, 0.1) is 28.4 Å². The van der Waals surface area contributed by atoms with Gasteiger partial charge in [-0.15, -0.1) is 0 Å². The molecule has 5 rings (SSSR count). The van der Waals surface area contributed by atoms with Crippen molar-refractivity contribution in [3.8, 4) is 22.4 Å². The van der Waals surface area contributed by atoms with Gasteiger partial charge in [-0.05, 0) is 58.3 Å². The Morgan fingerprint density at radius 1 is 0.943 bits per heavy atom. The van der Waals surface area contributed by atoms with Crippen LogP contribution in [0.4, 0.5) is 0 Å². The molecule has 0 amide bonds. The van der Waals surface area contributed by atoms with Gasteiger partial charge in [0.1, 0.15) is 0 Å². The Hall–Kier alpha value is -3.66. The largest absolute Gasteiger partial charge is 1.00 e. The van der Waals surface area contributed by atoms with E-state index in [1.54, 1.807) is 22.2 Å². The first-order valence-corrected chi connectivity index (χ1v) is 11.0. The van der Waals surface area contributed by atoms with Gasteiger partial charge in [0.2, 0.25) is 0 Å². The molecule has 5 aromatic rings. The Bertz CT molecular complexity index is 1650. The number of aromatic carboxylic acids is 1. The number of imidazole rings is 1. The van der Waals surface area contributed by atoms with Crippen LogP contribution in [0, 0.1) is 0 Å². The topological polar surface area (TPSA) is 92.8 Å². The number of benzene rings is 2. The summed E-state index contributed by atoms with van der Waals surface area (Å²) < 4.78 is 3.40. The molecule has 0 aliphatic heterocycles. The van der Waals surface area contributed by atoms with E-state index in [9.17, 15) is 14.7 Å². The minimum atomic E-state index is -1.31. The third kappa shape index (κ3) is 4.07. The maximum Gasteiger partial charge on any atom is 1.00 e. The van der Waals surface area contributed by atoms with E-state index in [2.05, 4.69) is 42.0 Å². The van der Waals surface area contributed by atoms with Crippen LogP contribution in [-0.4, -0.2) is 25.1 Å². The quantitative estimate of drug-likeness (QED) is 0.369. The Morgan fingerprint density at radius 3 is 2.37 bits per heavy atom. The minimum absolute atomic E-state index is 0. The number of rotatable bonds is 4. The molecule has 8 heteroatoms. The summed E-state index contributed by atoms with van der Waals surface area (Å²) in [6.45, 7) is 4.26. The fourth-order valence-electron chi connectivity index (χ4n) is 4.53. The first-order valence-electron chi connectivity index (χ1n) is 11.0. The Morgan fingerprint density at radius 2 is 1.71 bits per heavy atom. The number of carboxylic acids is 1. The summed E-state index contributed by atoms with van der Waals surface area (Å²) in [4.78, 5) is 32.2. The van der Waals surface area contributed by atoms with Crippen LogP contribution in [-0.2, 0) is 14.1 Å². The fourth-order valence-corrected chi connectivity index (χ4v) is 4.53. The maximum absolute atomic E-state index is 12.6. The van der Waals surface area contributed by atoms with Gasteiger partial charge in [-0.1, -0.05) is 32.0 Å². The molecule has 0 unspecified atom stereocenters. The standard InChI is InChI=1S/C27H24N4O3.Li/c1-15(2)20-10-18(12-24-25(20)31(4)27(34)30(24)3)19-7-5-6-16-11-23(29-14-21(16)19)17-8-9-22(26(32)33)28-13-17;/h5-15H,1-4H3,(H,32,33);/q;+1/p-1. The molecule has 0 spiro atoms. The van der Waals surface area contributed by atoms with Gasteiger partial charge in [0, 0.05) is 37.4 Å². The second kappa shape index (κ2) is 9.18. The summed E-state index contributed by atoms with van der Waals surface area (Å²) in [7, 11) is 3.61. The molecule has 3 heterocycles. The van der Waals surface area contributed by atoms with Crippen LogP contribution < -0.4 is 29.7 Å². The monoisotopic (exact) mass is 458 g/mol. The zero-order valence-corrected chi connectivity index (χ0v) is 20.4. The van der Waals surface area contributed by atoms with Crippen LogP contribution in [0.25, 0.3) is 44.2 Å². The number of carbonyl (C=O) groups is 1. The first-order chi connectivity index (χ1) is 16.3. The third-order valence-corrected chi connectivity index (χ3v) is 6.36. The second-order valence-corrected chi connectivity index (χ2v) is 8.80. The van der Waals surface area contributed by atoms with Crippen molar-refractivity contribution < 1.29 is 28.8 Å². The van der Waals surface area contributed by atoms with Crippen molar-refractivity contribution in [2.75, 3.05) is 0 Å². The first kappa shape index (κ1) is 24.5. The number of fused-ring (bicyclic) bond motifs is 2. The third-order valence-electron chi connectivity index (χ3n) is 6.36. The van der Waals surface area contributed by atoms with E-state index >= 15 is 0 Å². The van der Waals surface area contributed by atoms with Crippen LogP contribution in [0.2, 0.25) is 0 Å². The van der Waals surface area contributed by atoms with Crippen LogP contribution in [0.5, 0.6) is 0 Å². The van der Waals surface area contributed by atoms with Crippen molar-refractivity contribution in [3.63, 3.8) is 0 Å². The SMILES string of the molecule is CC(C)c1cc(-c2cccc3cc(-c4ccc(C(=O)[O-])nc4)ncc23)cc2c1n(C)c(=O)n2C.[Li+]. The normalized spacial score (nSPS) is 11.2. The Balaban J connectivity index is 0.00000289. The fraction of sp³-hybridized carbons (Fsp3) is 0.185. The van der Waals surface area contributed by atoms with Gasteiger partial charge >= 0.3 is 24.6 Å². The summed E-state index contributed by atoms with van der Waals surface area (Å²) in [6, 6.07) is 15.4. The molecule has 35 heavy (non-hydrogen) atoms. The van der Waals surface area contributed by atoms with E-state index in [-0.39, 0.29) is 36.2 Å². The molecule has 7 nitrogen and oxygen atoms in total. The van der Waals surface area contributed by atoms with Gasteiger partial charge in [0.15, 0.2) is 0 Å². The summed E-state index contributed by atoms with van der Waals surface area (Å²) in [5.41, 5.74) is 6.29. The average molecular weight is 458 g/mol. The molecule has 0 fully saturated rings. The van der Waals surface area contributed by atoms with Gasteiger partial charge in [0.25, 0.3) is 0 Å². The molecule has 0 atom stereocenters. The molecule has 0 aliphatic carbocycles. The number of carboxylic acid groups (broad SMARTS) is 1. The maximum atomic E-state index is 12.6. The number of carbonyl (C=O) groups excluding carboxylic acids is 1. The van der Waals surface area contributed by atoms with Crippen LogP contribution in [0.1, 0.15) is 35.8 Å². The average Bonchev–Trinajstić information content (AvgIpc) is 3.06. The van der Waals surface area contributed by atoms with Gasteiger partial charge < -0.3 is 9.90 Å². The molecule has 0 bridgehead atoms. The minimum Gasteiger partial charge on any atom is -0.543 e. The summed E-state index contributed by atoms with van der Waals surface area (Å²) in [6.07, 6.45) is 3.32. The molecule has 0 saturated carbocycles. The van der Waals surface area contributed by atoms with Crippen LogP contribution in [0.3, 0.4) is 0 Å². The smallest absolute Gasteiger partial charge is 0.543 e. The number of aromatic nitrogens is 4. The van der Waals surface area contributed by atoms with Gasteiger partial charge in [-0.2, -0.15) is 0 Å². The van der Waals surface area contributed by atoms with Gasteiger partial charge in [-0.25, -0.2) is 4.79 Å². The predicted molar refractivity (Wildman–Crippen MR) is 131 cm³/mol. The molecule has 3 aromatic heterocycles. The molecule has 0 aliphatic rings.